The van der Waals surface area contributed by atoms with Gasteiger partial charge in [0.1, 0.15) is 17.9 Å². The first kappa shape index (κ1) is 12.6. The Balaban J connectivity index is 1.89. The average Bonchev–Trinajstić information content (AvgIpc) is 2.90. The van der Waals surface area contributed by atoms with E-state index in [4.69, 9.17) is 4.74 Å². The van der Waals surface area contributed by atoms with Gasteiger partial charge in [-0.05, 0) is 31.5 Å². The van der Waals surface area contributed by atoms with Crippen LogP contribution in [0.4, 0.5) is 0 Å². The van der Waals surface area contributed by atoms with Crippen molar-refractivity contribution in [2.75, 3.05) is 6.61 Å². The van der Waals surface area contributed by atoms with E-state index in [9.17, 15) is 0 Å². The van der Waals surface area contributed by atoms with Crippen molar-refractivity contribution in [3.8, 4) is 5.75 Å². The minimum atomic E-state index is 0.255. The first-order valence-electron chi connectivity index (χ1n) is 6.10. The summed E-state index contributed by atoms with van der Waals surface area (Å²) in [5, 5.41) is 10.0. The Hall–Kier alpha value is -1.88. The molecule has 0 radical (unpaired) electrons. The first-order valence-corrected chi connectivity index (χ1v) is 6.10. The highest BCUT2D eigenvalue weighted by Gasteiger charge is 2.05. The third-order valence-electron chi connectivity index (χ3n) is 2.73. The molecule has 18 heavy (non-hydrogen) atoms. The van der Waals surface area contributed by atoms with Crippen LogP contribution in [0.2, 0.25) is 0 Å². The van der Waals surface area contributed by atoms with E-state index in [2.05, 4.69) is 39.6 Å². The van der Waals surface area contributed by atoms with Gasteiger partial charge in [-0.1, -0.05) is 12.1 Å². The lowest BCUT2D eigenvalue weighted by Crippen LogP contribution is -2.18. The molecule has 0 aliphatic rings. The van der Waals surface area contributed by atoms with Crippen LogP contribution < -0.4 is 10.1 Å². The summed E-state index contributed by atoms with van der Waals surface area (Å²) >= 11 is 0. The van der Waals surface area contributed by atoms with Gasteiger partial charge in [0, 0.05) is 6.04 Å². The highest BCUT2D eigenvalue weighted by molar-refractivity contribution is 5.28. The minimum Gasteiger partial charge on any atom is -0.494 e. The molecule has 1 aromatic heterocycles. The molecule has 0 saturated carbocycles. The molecule has 0 aliphatic heterocycles. The first-order chi connectivity index (χ1) is 8.79. The van der Waals surface area contributed by atoms with E-state index in [1.807, 2.05) is 19.1 Å². The molecule has 5 nitrogen and oxygen atoms in total. The standard InChI is InChI=1S/C13H18N4O/c1-3-18-12-6-4-11(5-7-12)10(2)14-8-13-15-9-16-17-13/h4-7,9-10,14H,3,8H2,1-2H3,(H,15,16,17). The molecule has 0 saturated heterocycles. The van der Waals surface area contributed by atoms with Crippen LogP contribution in [0.25, 0.3) is 0 Å². The second-order valence-corrected chi connectivity index (χ2v) is 4.04. The van der Waals surface area contributed by atoms with E-state index in [1.165, 1.54) is 11.9 Å². The van der Waals surface area contributed by atoms with Crippen LogP contribution in [0, 0.1) is 0 Å². The maximum atomic E-state index is 5.42. The van der Waals surface area contributed by atoms with E-state index in [1.54, 1.807) is 0 Å². The molecule has 0 bridgehead atoms. The van der Waals surface area contributed by atoms with E-state index in [0.717, 1.165) is 11.6 Å². The van der Waals surface area contributed by atoms with Crippen LogP contribution >= 0.6 is 0 Å². The maximum Gasteiger partial charge on any atom is 0.138 e. The molecule has 96 valence electrons. The molecule has 5 heteroatoms. The largest absolute Gasteiger partial charge is 0.494 e. The van der Waals surface area contributed by atoms with E-state index >= 15 is 0 Å². The normalized spacial score (nSPS) is 12.3. The van der Waals surface area contributed by atoms with Crippen molar-refractivity contribution >= 4 is 0 Å². The van der Waals surface area contributed by atoms with Gasteiger partial charge in [0.15, 0.2) is 0 Å². The Morgan fingerprint density at radius 1 is 1.33 bits per heavy atom. The van der Waals surface area contributed by atoms with Crippen LogP contribution in [0.3, 0.4) is 0 Å². The highest BCUT2D eigenvalue weighted by atomic mass is 16.5. The predicted molar refractivity (Wildman–Crippen MR) is 69.2 cm³/mol. The fourth-order valence-electron chi connectivity index (χ4n) is 1.70. The Bertz CT molecular complexity index is 452. The summed E-state index contributed by atoms with van der Waals surface area (Å²) in [7, 11) is 0. The van der Waals surface area contributed by atoms with Gasteiger partial charge in [-0.2, -0.15) is 5.10 Å². The van der Waals surface area contributed by atoms with Gasteiger partial charge in [0.2, 0.25) is 0 Å². The fraction of sp³-hybridized carbons (Fsp3) is 0.385. The number of aromatic amines is 1. The van der Waals surface area contributed by atoms with Crippen LogP contribution in [0.15, 0.2) is 30.6 Å². The molecule has 2 N–H and O–H groups in total. The summed E-state index contributed by atoms with van der Waals surface area (Å²) in [6.07, 6.45) is 1.51. The van der Waals surface area contributed by atoms with Crippen molar-refractivity contribution < 1.29 is 4.74 Å². The molecule has 1 aromatic carbocycles. The van der Waals surface area contributed by atoms with E-state index < -0.39 is 0 Å². The number of ether oxygens (including phenoxy) is 1. The van der Waals surface area contributed by atoms with Gasteiger partial charge < -0.3 is 10.1 Å². The SMILES string of the molecule is CCOc1ccc(C(C)NCc2ncn[nH]2)cc1. The molecule has 1 unspecified atom stereocenters. The van der Waals surface area contributed by atoms with Crippen LogP contribution in [-0.2, 0) is 6.54 Å². The summed E-state index contributed by atoms with van der Waals surface area (Å²) in [5.74, 6) is 1.75. The Labute approximate surface area is 107 Å². The summed E-state index contributed by atoms with van der Waals surface area (Å²) in [4.78, 5) is 4.07. The average molecular weight is 246 g/mol. The monoisotopic (exact) mass is 246 g/mol. The van der Waals surface area contributed by atoms with Gasteiger partial charge in [0.05, 0.1) is 13.2 Å². The number of benzene rings is 1. The summed E-state index contributed by atoms with van der Waals surface area (Å²) in [5.41, 5.74) is 1.22. The number of nitrogens with zero attached hydrogens (tertiary/aromatic N) is 2. The molecule has 1 heterocycles. The van der Waals surface area contributed by atoms with Crippen molar-refractivity contribution in [1.82, 2.24) is 20.5 Å². The lowest BCUT2D eigenvalue weighted by molar-refractivity contribution is 0.340. The van der Waals surface area contributed by atoms with Gasteiger partial charge in [0.25, 0.3) is 0 Å². The molecular formula is C13H18N4O. The maximum absolute atomic E-state index is 5.42. The molecule has 0 amide bonds. The van der Waals surface area contributed by atoms with Gasteiger partial charge in [-0.25, -0.2) is 4.98 Å². The van der Waals surface area contributed by atoms with Crippen LogP contribution in [0.5, 0.6) is 5.75 Å². The summed E-state index contributed by atoms with van der Waals surface area (Å²) < 4.78 is 5.42. The molecule has 0 fully saturated rings. The lowest BCUT2D eigenvalue weighted by atomic mass is 10.1. The highest BCUT2D eigenvalue weighted by Crippen LogP contribution is 2.17. The van der Waals surface area contributed by atoms with Crippen molar-refractivity contribution in [3.05, 3.63) is 42.0 Å². The number of hydrogen-bond acceptors (Lipinski definition) is 4. The molecule has 0 spiro atoms. The Kier molecular flexibility index (Phi) is 4.30. The van der Waals surface area contributed by atoms with Crippen molar-refractivity contribution in [2.45, 2.75) is 26.4 Å². The van der Waals surface area contributed by atoms with Crippen molar-refractivity contribution in [1.29, 1.82) is 0 Å². The van der Waals surface area contributed by atoms with Gasteiger partial charge >= 0.3 is 0 Å². The van der Waals surface area contributed by atoms with E-state index in [-0.39, 0.29) is 6.04 Å². The summed E-state index contributed by atoms with van der Waals surface area (Å²) in [6, 6.07) is 8.38. The fourth-order valence-corrected chi connectivity index (χ4v) is 1.70. The molecule has 2 aromatic rings. The van der Waals surface area contributed by atoms with Gasteiger partial charge in [-0.15, -0.1) is 0 Å². The van der Waals surface area contributed by atoms with Crippen molar-refractivity contribution in [2.24, 2.45) is 0 Å². The number of aromatic nitrogens is 3. The van der Waals surface area contributed by atoms with E-state index in [0.29, 0.717) is 13.2 Å². The Morgan fingerprint density at radius 3 is 2.72 bits per heavy atom. The van der Waals surface area contributed by atoms with Crippen molar-refractivity contribution in [3.63, 3.8) is 0 Å². The zero-order valence-corrected chi connectivity index (χ0v) is 10.7. The zero-order chi connectivity index (χ0) is 12.8. The third kappa shape index (κ3) is 3.30. The van der Waals surface area contributed by atoms with Crippen LogP contribution in [0.1, 0.15) is 31.3 Å². The topological polar surface area (TPSA) is 62.8 Å². The number of hydrogen-bond donors (Lipinski definition) is 2. The third-order valence-corrected chi connectivity index (χ3v) is 2.73. The summed E-state index contributed by atoms with van der Waals surface area (Å²) in [6.45, 7) is 5.47. The molecule has 2 rings (SSSR count). The molecule has 1 atom stereocenters. The Morgan fingerprint density at radius 2 is 2.11 bits per heavy atom. The second kappa shape index (κ2) is 6.16. The van der Waals surface area contributed by atoms with Gasteiger partial charge in [-0.3, -0.25) is 5.10 Å². The smallest absolute Gasteiger partial charge is 0.138 e. The number of H-pyrrole nitrogens is 1. The minimum absolute atomic E-state index is 0.255. The number of rotatable bonds is 6. The quantitative estimate of drug-likeness (QED) is 0.819. The predicted octanol–water partition coefficient (Wildman–Crippen LogP) is 2.05. The zero-order valence-electron chi connectivity index (χ0n) is 10.7. The molecule has 0 aliphatic carbocycles. The second-order valence-electron chi connectivity index (χ2n) is 4.04. The number of nitrogens with one attached hydrogen (secondary N) is 2. The lowest BCUT2D eigenvalue weighted by Gasteiger charge is -2.13. The molecular weight excluding hydrogens is 228 g/mol. The van der Waals surface area contributed by atoms with Crippen LogP contribution in [-0.4, -0.2) is 21.8 Å².